The van der Waals surface area contributed by atoms with Crippen LogP contribution in [0.1, 0.15) is 35.3 Å². The van der Waals surface area contributed by atoms with Crippen molar-refractivity contribution in [3.63, 3.8) is 0 Å². The van der Waals surface area contributed by atoms with Crippen molar-refractivity contribution in [2.45, 2.75) is 27.7 Å². The first-order valence-electron chi connectivity index (χ1n) is 9.73. The molecule has 3 amide bonds. The molecule has 0 aromatic heterocycles. The number of carbonyl (C=O) groups is 3. The Kier molecular flexibility index (Phi) is 7.95. The SMILES string of the molecule is Cc1ccc(NC(=O)CNC(=O)CN(CC(C)C)C(=O)c2ccc(C)cc2)cc1. The van der Waals surface area contributed by atoms with E-state index in [2.05, 4.69) is 10.6 Å². The highest BCUT2D eigenvalue weighted by molar-refractivity contribution is 5.98. The topological polar surface area (TPSA) is 78.5 Å². The van der Waals surface area contributed by atoms with Gasteiger partial charge in [0.1, 0.15) is 0 Å². The number of amides is 3. The van der Waals surface area contributed by atoms with Crippen LogP contribution in [0.4, 0.5) is 5.69 Å². The van der Waals surface area contributed by atoms with E-state index < -0.39 is 0 Å². The van der Waals surface area contributed by atoms with Gasteiger partial charge in [-0.25, -0.2) is 0 Å². The van der Waals surface area contributed by atoms with Gasteiger partial charge in [0.15, 0.2) is 0 Å². The van der Waals surface area contributed by atoms with Crippen LogP contribution in [-0.2, 0) is 9.59 Å². The molecule has 0 saturated carbocycles. The zero-order valence-corrected chi connectivity index (χ0v) is 17.5. The van der Waals surface area contributed by atoms with Crippen LogP contribution in [0.2, 0.25) is 0 Å². The fraction of sp³-hybridized carbons (Fsp3) is 0.348. The lowest BCUT2D eigenvalue weighted by molar-refractivity contribution is -0.124. The van der Waals surface area contributed by atoms with E-state index in [0.29, 0.717) is 17.8 Å². The number of nitrogens with one attached hydrogen (secondary N) is 2. The van der Waals surface area contributed by atoms with Gasteiger partial charge in [0, 0.05) is 17.8 Å². The Balaban J connectivity index is 1.91. The molecule has 0 aliphatic carbocycles. The third kappa shape index (κ3) is 7.41. The Hall–Kier alpha value is -3.15. The van der Waals surface area contributed by atoms with Crippen molar-refractivity contribution in [1.29, 1.82) is 0 Å². The van der Waals surface area contributed by atoms with Crippen molar-refractivity contribution in [2.75, 3.05) is 25.0 Å². The van der Waals surface area contributed by atoms with E-state index in [9.17, 15) is 14.4 Å². The molecule has 2 N–H and O–H groups in total. The Labute approximate surface area is 172 Å². The van der Waals surface area contributed by atoms with Crippen molar-refractivity contribution in [1.82, 2.24) is 10.2 Å². The predicted octanol–water partition coefficient (Wildman–Crippen LogP) is 3.16. The minimum absolute atomic E-state index is 0.0945. The van der Waals surface area contributed by atoms with Crippen molar-refractivity contribution in [3.05, 3.63) is 65.2 Å². The lowest BCUT2D eigenvalue weighted by Crippen LogP contribution is -2.44. The molecular formula is C23H29N3O3. The van der Waals surface area contributed by atoms with Crippen LogP contribution in [0.3, 0.4) is 0 Å². The molecule has 2 aromatic carbocycles. The monoisotopic (exact) mass is 395 g/mol. The first-order valence-corrected chi connectivity index (χ1v) is 9.73. The van der Waals surface area contributed by atoms with E-state index in [1.807, 2.05) is 52.0 Å². The predicted molar refractivity (Wildman–Crippen MR) is 115 cm³/mol. The average Bonchev–Trinajstić information content (AvgIpc) is 2.67. The van der Waals surface area contributed by atoms with Gasteiger partial charge in [0.2, 0.25) is 11.8 Å². The van der Waals surface area contributed by atoms with E-state index >= 15 is 0 Å². The maximum atomic E-state index is 12.8. The molecule has 154 valence electrons. The summed E-state index contributed by atoms with van der Waals surface area (Å²) in [6.45, 7) is 8.10. The summed E-state index contributed by atoms with van der Waals surface area (Å²) >= 11 is 0. The van der Waals surface area contributed by atoms with E-state index in [0.717, 1.165) is 11.1 Å². The molecule has 0 atom stereocenters. The number of rotatable bonds is 8. The van der Waals surface area contributed by atoms with E-state index in [4.69, 9.17) is 0 Å². The van der Waals surface area contributed by atoms with Gasteiger partial charge < -0.3 is 15.5 Å². The lowest BCUT2D eigenvalue weighted by Gasteiger charge is -2.24. The molecule has 6 nitrogen and oxygen atoms in total. The smallest absolute Gasteiger partial charge is 0.254 e. The van der Waals surface area contributed by atoms with Crippen LogP contribution in [0.5, 0.6) is 0 Å². The summed E-state index contributed by atoms with van der Waals surface area (Å²) in [5, 5.41) is 5.32. The van der Waals surface area contributed by atoms with Gasteiger partial charge in [-0.3, -0.25) is 14.4 Å². The van der Waals surface area contributed by atoms with Crippen LogP contribution >= 0.6 is 0 Å². The molecule has 0 aliphatic rings. The van der Waals surface area contributed by atoms with Gasteiger partial charge in [-0.1, -0.05) is 49.2 Å². The zero-order chi connectivity index (χ0) is 21.4. The Bertz CT molecular complexity index is 843. The molecular weight excluding hydrogens is 366 g/mol. The van der Waals surface area contributed by atoms with Crippen molar-refractivity contribution >= 4 is 23.4 Å². The highest BCUT2D eigenvalue weighted by Crippen LogP contribution is 2.10. The summed E-state index contributed by atoms with van der Waals surface area (Å²) in [6.07, 6.45) is 0. The highest BCUT2D eigenvalue weighted by atomic mass is 16.2. The van der Waals surface area contributed by atoms with Crippen LogP contribution in [0.15, 0.2) is 48.5 Å². The molecule has 0 heterocycles. The van der Waals surface area contributed by atoms with Crippen LogP contribution in [0, 0.1) is 19.8 Å². The third-order valence-electron chi connectivity index (χ3n) is 4.29. The summed E-state index contributed by atoms with van der Waals surface area (Å²) in [5.74, 6) is -0.673. The summed E-state index contributed by atoms with van der Waals surface area (Å²) < 4.78 is 0. The van der Waals surface area contributed by atoms with Gasteiger partial charge in [-0.15, -0.1) is 0 Å². The number of carbonyl (C=O) groups excluding carboxylic acids is 3. The Morgan fingerprint density at radius 2 is 1.41 bits per heavy atom. The number of benzene rings is 2. The Morgan fingerprint density at radius 3 is 1.97 bits per heavy atom. The molecule has 2 aromatic rings. The van der Waals surface area contributed by atoms with Crippen LogP contribution in [0.25, 0.3) is 0 Å². The van der Waals surface area contributed by atoms with E-state index in [-0.39, 0.29) is 36.7 Å². The second kappa shape index (κ2) is 10.4. The normalized spacial score (nSPS) is 10.5. The largest absolute Gasteiger partial charge is 0.345 e. The fourth-order valence-corrected chi connectivity index (χ4v) is 2.79. The van der Waals surface area contributed by atoms with Gasteiger partial charge in [-0.05, 0) is 44.0 Å². The fourth-order valence-electron chi connectivity index (χ4n) is 2.79. The molecule has 0 spiro atoms. The molecule has 0 radical (unpaired) electrons. The molecule has 0 fully saturated rings. The van der Waals surface area contributed by atoms with Crippen LogP contribution < -0.4 is 10.6 Å². The van der Waals surface area contributed by atoms with Crippen LogP contribution in [-0.4, -0.2) is 42.3 Å². The summed E-state index contributed by atoms with van der Waals surface area (Å²) in [7, 11) is 0. The Morgan fingerprint density at radius 1 is 0.862 bits per heavy atom. The minimum Gasteiger partial charge on any atom is -0.345 e. The molecule has 0 unspecified atom stereocenters. The second-order valence-electron chi connectivity index (χ2n) is 7.64. The molecule has 0 bridgehead atoms. The summed E-state index contributed by atoms with van der Waals surface area (Å²) in [5.41, 5.74) is 3.38. The third-order valence-corrected chi connectivity index (χ3v) is 4.29. The highest BCUT2D eigenvalue weighted by Gasteiger charge is 2.20. The molecule has 2 rings (SSSR count). The molecule has 0 saturated heterocycles. The summed E-state index contributed by atoms with van der Waals surface area (Å²) in [6, 6.07) is 14.7. The standard InChI is InChI=1S/C23H29N3O3/c1-16(2)14-26(23(29)19-9-5-17(3)6-10-19)15-22(28)24-13-21(27)25-20-11-7-18(4)8-12-20/h5-12,16H,13-15H2,1-4H3,(H,24,28)(H,25,27). The van der Waals surface area contributed by atoms with E-state index in [1.54, 1.807) is 24.3 Å². The van der Waals surface area contributed by atoms with Crippen molar-refractivity contribution in [3.8, 4) is 0 Å². The first-order chi connectivity index (χ1) is 13.7. The molecule has 29 heavy (non-hydrogen) atoms. The number of hydrogen-bond donors (Lipinski definition) is 2. The quantitative estimate of drug-likeness (QED) is 0.721. The van der Waals surface area contributed by atoms with Gasteiger partial charge in [0.25, 0.3) is 5.91 Å². The maximum absolute atomic E-state index is 12.8. The minimum atomic E-state index is -0.370. The van der Waals surface area contributed by atoms with Gasteiger partial charge in [-0.2, -0.15) is 0 Å². The van der Waals surface area contributed by atoms with Crippen molar-refractivity contribution in [2.24, 2.45) is 5.92 Å². The lowest BCUT2D eigenvalue weighted by atomic mass is 10.1. The molecule has 6 heteroatoms. The first kappa shape index (κ1) is 22.1. The van der Waals surface area contributed by atoms with Gasteiger partial charge in [0.05, 0.1) is 13.1 Å². The average molecular weight is 396 g/mol. The van der Waals surface area contributed by atoms with Crippen molar-refractivity contribution < 1.29 is 14.4 Å². The molecule has 0 aliphatic heterocycles. The zero-order valence-electron chi connectivity index (χ0n) is 17.5. The van der Waals surface area contributed by atoms with Gasteiger partial charge >= 0.3 is 0 Å². The number of nitrogens with zero attached hydrogens (tertiary/aromatic N) is 1. The number of anilines is 1. The second-order valence-corrected chi connectivity index (χ2v) is 7.64. The maximum Gasteiger partial charge on any atom is 0.254 e. The summed E-state index contributed by atoms with van der Waals surface area (Å²) in [4.78, 5) is 38.7. The van der Waals surface area contributed by atoms with E-state index in [1.165, 1.54) is 4.90 Å². The number of hydrogen-bond acceptors (Lipinski definition) is 3. The number of aryl methyl sites for hydroxylation is 2.